The molecule has 34 heavy (non-hydrogen) atoms. The summed E-state index contributed by atoms with van der Waals surface area (Å²) < 4.78 is 33.8. The van der Waals surface area contributed by atoms with Crippen molar-refractivity contribution in [1.82, 2.24) is 15.3 Å². The van der Waals surface area contributed by atoms with Crippen LogP contribution >= 0.6 is 7.75 Å². The first-order valence-corrected chi connectivity index (χ1v) is 13.5. The number of likely N-dealkylation sites (tertiary alicyclic amines) is 1. The number of carbonyl (C=O) groups excluding carboxylic acids is 3. The highest BCUT2D eigenvalue weighted by atomic mass is 31.2. The zero-order chi connectivity index (χ0) is 25.4. The molecule has 12 heteroatoms. The van der Waals surface area contributed by atoms with Crippen molar-refractivity contribution in [1.29, 1.82) is 0 Å². The van der Waals surface area contributed by atoms with Gasteiger partial charge in [-0.05, 0) is 51.7 Å². The van der Waals surface area contributed by atoms with Gasteiger partial charge in [0.25, 0.3) is 0 Å². The highest BCUT2D eigenvalue weighted by Gasteiger charge is 2.48. The van der Waals surface area contributed by atoms with Gasteiger partial charge in [0.1, 0.15) is 6.04 Å². The Morgan fingerprint density at radius 1 is 1.24 bits per heavy atom. The molecule has 2 rings (SSSR count). The van der Waals surface area contributed by atoms with E-state index in [-0.39, 0.29) is 25.5 Å². The van der Waals surface area contributed by atoms with Gasteiger partial charge in [0.2, 0.25) is 5.91 Å². The summed E-state index contributed by atoms with van der Waals surface area (Å²) in [4.78, 5) is 38.9. The van der Waals surface area contributed by atoms with Crippen molar-refractivity contribution < 1.29 is 37.5 Å². The molecular formula is C22H40N3O8P. The Morgan fingerprint density at radius 3 is 2.53 bits per heavy atom. The fourth-order valence-corrected chi connectivity index (χ4v) is 5.87. The van der Waals surface area contributed by atoms with Gasteiger partial charge in [-0.15, -0.1) is 0 Å². The number of hydrogen-bond acceptors (Lipinski definition) is 9. The molecule has 0 bridgehead atoms. The maximum atomic E-state index is 12.9. The fourth-order valence-electron chi connectivity index (χ4n) is 3.93. The van der Waals surface area contributed by atoms with E-state index in [1.807, 2.05) is 0 Å². The van der Waals surface area contributed by atoms with Gasteiger partial charge in [-0.25, -0.2) is 9.65 Å². The van der Waals surface area contributed by atoms with Gasteiger partial charge in [0.05, 0.1) is 26.7 Å². The molecule has 0 spiro atoms. The summed E-state index contributed by atoms with van der Waals surface area (Å²) in [6.07, 6.45) is 2.10. The predicted octanol–water partition coefficient (Wildman–Crippen LogP) is 1.86. The minimum absolute atomic E-state index is 0.0254. The predicted molar refractivity (Wildman–Crippen MR) is 125 cm³/mol. The monoisotopic (exact) mass is 505 g/mol. The molecule has 2 heterocycles. The first kappa shape index (κ1) is 28.7. The standard InChI is InChI=1S/C22H40N3O8P/c1-6-11-25-12-8-17(9-13-25)14-31-18(26)7-10-23-20(27)19-22(3,4)15-32-34(29,33-19)24-16(2)21(28)30-5/h16-17,19H,6-15H2,1-5H3,(H,23,27)(H,24,29)/t16-,19-,34+/m0/s1. The fraction of sp³-hybridized carbons (Fsp3) is 0.864. The lowest BCUT2D eigenvalue weighted by atomic mass is 9.87. The smallest absolute Gasteiger partial charge is 0.407 e. The Balaban J connectivity index is 1.76. The number of carbonyl (C=O) groups is 3. The zero-order valence-corrected chi connectivity index (χ0v) is 21.9. The second-order valence-electron chi connectivity index (χ2n) is 9.63. The van der Waals surface area contributed by atoms with Crippen LogP contribution in [0.2, 0.25) is 0 Å². The Kier molecular flexibility index (Phi) is 11.0. The van der Waals surface area contributed by atoms with Crippen LogP contribution in [0.4, 0.5) is 0 Å². The summed E-state index contributed by atoms with van der Waals surface area (Å²) in [5.41, 5.74) is -0.776. The number of nitrogens with one attached hydrogen (secondary N) is 2. The number of piperidine rings is 1. The van der Waals surface area contributed by atoms with Crippen molar-refractivity contribution in [2.24, 2.45) is 11.3 Å². The van der Waals surface area contributed by atoms with Crippen molar-refractivity contribution >= 4 is 25.6 Å². The van der Waals surface area contributed by atoms with Crippen LogP contribution in [0.5, 0.6) is 0 Å². The molecule has 2 saturated heterocycles. The summed E-state index contributed by atoms with van der Waals surface area (Å²) in [5, 5.41) is 5.13. The molecule has 3 atom stereocenters. The Bertz CT molecular complexity index is 754. The Labute approximate surface area is 202 Å². The van der Waals surface area contributed by atoms with Crippen LogP contribution in [0.25, 0.3) is 0 Å². The highest BCUT2D eigenvalue weighted by Crippen LogP contribution is 2.53. The van der Waals surface area contributed by atoms with Gasteiger partial charge in [-0.2, -0.15) is 0 Å². The van der Waals surface area contributed by atoms with Crippen LogP contribution in [0.15, 0.2) is 0 Å². The number of hydrogen-bond donors (Lipinski definition) is 2. The lowest BCUT2D eigenvalue weighted by Crippen LogP contribution is -2.51. The van der Waals surface area contributed by atoms with Crippen LogP contribution in [0.3, 0.4) is 0 Å². The molecule has 2 aliphatic heterocycles. The van der Waals surface area contributed by atoms with Gasteiger partial charge in [0, 0.05) is 12.0 Å². The molecule has 0 aromatic carbocycles. The third-order valence-electron chi connectivity index (χ3n) is 6.06. The highest BCUT2D eigenvalue weighted by molar-refractivity contribution is 7.51. The first-order valence-electron chi connectivity index (χ1n) is 11.9. The Morgan fingerprint density at radius 2 is 1.91 bits per heavy atom. The first-order chi connectivity index (χ1) is 16.0. The lowest BCUT2D eigenvalue weighted by Gasteiger charge is -2.40. The summed E-state index contributed by atoms with van der Waals surface area (Å²) >= 11 is 0. The van der Waals surface area contributed by atoms with E-state index in [9.17, 15) is 18.9 Å². The Hall–Kier alpha value is -1.52. The van der Waals surface area contributed by atoms with E-state index in [2.05, 4.69) is 27.0 Å². The van der Waals surface area contributed by atoms with Crippen molar-refractivity contribution in [3.8, 4) is 0 Å². The number of ether oxygens (including phenoxy) is 2. The van der Waals surface area contributed by atoms with Crippen LogP contribution < -0.4 is 10.4 Å². The van der Waals surface area contributed by atoms with E-state index >= 15 is 0 Å². The normalized spacial score (nSPS) is 26.4. The van der Waals surface area contributed by atoms with Crippen molar-refractivity contribution in [2.75, 3.05) is 46.5 Å². The molecule has 196 valence electrons. The number of methoxy groups -OCH3 is 1. The molecule has 0 saturated carbocycles. The van der Waals surface area contributed by atoms with E-state index in [1.165, 1.54) is 14.0 Å². The SMILES string of the molecule is CCCN1CCC(COC(=O)CCNC(=O)[C@@H]2O[P@@](=O)(N[C@@H](C)C(=O)OC)OCC2(C)C)CC1. The molecule has 2 fully saturated rings. The van der Waals surface area contributed by atoms with E-state index in [4.69, 9.17) is 13.8 Å². The summed E-state index contributed by atoms with van der Waals surface area (Å²) in [6.45, 7) is 10.7. The molecule has 0 aliphatic carbocycles. The summed E-state index contributed by atoms with van der Waals surface area (Å²) in [7, 11) is -2.71. The molecule has 1 amide bonds. The lowest BCUT2D eigenvalue weighted by molar-refractivity contribution is -0.145. The van der Waals surface area contributed by atoms with E-state index in [0.29, 0.717) is 12.5 Å². The largest absolute Gasteiger partial charge is 0.468 e. The molecule has 0 aromatic heterocycles. The van der Waals surface area contributed by atoms with E-state index < -0.39 is 37.2 Å². The molecule has 2 aliphatic rings. The minimum atomic E-state index is -3.92. The van der Waals surface area contributed by atoms with Gasteiger partial charge in [-0.1, -0.05) is 20.8 Å². The van der Waals surface area contributed by atoms with E-state index in [0.717, 1.165) is 38.9 Å². The molecule has 0 aromatic rings. The zero-order valence-electron chi connectivity index (χ0n) is 21.0. The van der Waals surface area contributed by atoms with Gasteiger partial charge < -0.3 is 19.7 Å². The maximum absolute atomic E-state index is 12.9. The molecular weight excluding hydrogens is 465 g/mol. The number of amides is 1. The van der Waals surface area contributed by atoms with Gasteiger partial charge in [-0.3, -0.25) is 23.4 Å². The number of esters is 2. The second kappa shape index (κ2) is 13.0. The molecule has 11 nitrogen and oxygen atoms in total. The van der Waals surface area contributed by atoms with Crippen LogP contribution in [-0.2, 0) is 37.5 Å². The third-order valence-corrected chi connectivity index (χ3v) is 7.72. The van der Waals surface area contributed by atoms with Crippen LogP contribution in [0, 0.1) is 11.3 Å². The second-order valence-corrected chi connectivity index (χ2v) is 11.4. The van der Waals surface area contributed by atoms with Crippen molar-refractivity contribution in [2.45, 2.75) is 65.5 Å². The minimum Gasteiger partial charge on any atom is -0.468 e. The van der Waals surface area contributed by atoms with Gasteiger partial charge in [0.15, 0.2) is 6.10 Å². The maximum Gasteiger partial charge on any atom is 0.407 e. The molecule has 2 N–H and O–H groups in total. The van der Waals surface area contributed by atoms with E-state index in [1.54, 1.807) is 13.8 Å². The molecule has 0 radical (unpaired) electrons. The van der Waals surface area contributed by atoms with Crippen LogP contribution in [0.1, 0.15) is 53.4 Å². The quantitative estimate of drug-likeness (QED) is 0.317. The van der Waals surface area contributed by atoms with Crippen molar-refractivity contribution in [3.63, 3.8) is 0 Å². The summed E-state index contributed by atoms with van der Waals surface area (Å²) in [5.74, 6) is -1.16. The van der Waals surface area contributed by atoms with Crippen LogP contribution in [-0.4, -0.2) is 81.4 Å². The average Bonchev–Trinajstić information content (AvgIpc) is 2.80. The van der Waals surface area contributed by atoms with Crippen molar-refractivity contribution in [3.05, 3.63) is 0 Å². The number of rotatable bonds is 11. The number of nitrogens with zero attached hydrogens (tertiary/aromatic N) is 1. The average molecular weight is 506 g/mol. The molecule has 0 unspecified atom stereocenters. The summed E-state index contributed by atoms with van der Waals surface area (Å²) in [6, 6.07) is -0.950. The topological polar surface area (TPSA) is 132 Å². The third kappa shape index (κ3) is 8.61. The van der Waals surface area contributed by atoms with Gasteiger partial charge >= 0.3 is 19.7 Å².